The van der Waals surface area contributed by atoms with Gasteiger partial charge in [-0.1, -0.05) is 201 Å². The minimum atomic E-state index is 1.04. The largest absolute Gasteiger partial charge is 0.405 e. The third kappa shape index (κ3) is 11.0. The zero-order chi connectivity index (χ0) is 43.6. The van der Waals surface area contributed by atoms with Crippen LogP contribution >= 0.6 is 0 Å². The van der Waals surface area contributed by atoms with Gasteiger partial charge in [0, 0.05) is 33.4 Å². The Hall–Kier alpha value is -8.14. The number of nitrogens with one attached hydrogen (secondary N) is 1. The average molecular weight is 816 g/mol. The molecule has 7 rings (SSSR count). The highest BCUT2D eigenvalue weighted by molar-refractivity contribution is 6.10. The Morgan fingerprint density at radius 3 is 1.95 bits per heavy atom. The first-order valence-corrected chi connectivity index (χ1v) is 21.3. The molecule has 0 spiro atoms. The first-order chi connectivity index (χ1) is 31.1. The summed E-state index contributed by atoms with van der Waals surface area (Å²) in [5, 5.41) is 6.07. The molecule has 3 N–H and O–H groups in total. The SMILES string of the molecule is C=C/C=C(\C=C(/C)c1ccccc1Nc1ccc(-c2ccccc2)cc1)c1ccc2c(c1)c1ccccc1n2-c1ccc(C(/C=C/C=C/C=C\C=C/N)=C/C=C\C=C/C=C/C)cc1. The van der Waals surface area contributed by atoms with Gasteiger partial charge in [-0.25, -0.2) is 0 Å². The molecule has 0 unspecified atom stereocenters. The van der Waals surface area contributed by atoms with Crippen LogP contribution in [0.4, 0.5) is 11.4 Å². The van der Waals surface area contributed by atoms with E-state index < -0.39 is 0 Å². The van der Waals surface area contributed by atoms with E-state index in [1.807, 2.05) is 73.8 Å². The molecule has 0 aliphatic carbocycles. The molecule has 0 saturated heterocycles. The topological polar surface area (TPSA) is 43.0 Å². The van der Waals surface area contributed by atoms with Crippen LogP contribution in [0.2, 0.25) is 0 Å². The summed E-state index contributed by atoms with van der Waals surface area (Å²) in [4.78, 5) is 0. The van der Waals surface area contributed by atoms with Gasteiger partial charge in [0.2, 0.25) is 0 Å². The van der Waals surface area contributed by atoms with Crippen LogP contribution in [0, 0.1) is 0 Å². The number of fused-ring (bicyclic) bond motifs is 3. The van der Waals surface area contributed by atoms with Crippen molar-refractivity contribution in [1.29, 1.82) is 0 Å². The minimum absolute atomic E-state index is 1.04. The summed E-state index contributed by atoms with van der Waals surface area (Å²) in [7, 11) is 0. The van der Waals surface area contributed by atoms with Crippen molar-refractivity contribution in [3.05, 3.63) is 278 Å². The van der Waals surface area contributed by atoms with Crippen LogP contribution in [-0.2, 0) is 0 Å². The molecule has 6 aromatic carbocycles. The smallest absolute Gasteiger partial charge is 0.0541 e. The normalized spacial score (nSPS) is 13.2. The van der Waals surface area contributed by atoms with Crippen LogP contribution < -0.4 is 11.1 Å². The van der Waals surface area contributed by atoms with Gasteiger partial charge in [-0.05, 0) is 114 Å². The van der Waals surface area contributed by atoms with E-state index in [-0.39, 0.29) is 0 Å². The Balaban J connectivity index is 1.19. The molecule has 1 aromatic heterocycles. The molecular weight excluding hydrogens is 763 g/mol. The van der Waals surface area contributed by atoms with Crippen molar-refractivity contribution in [2.24, 2.45) is 5.73 Å². The molecule has 0 aliphatic heterocycles. The highest BCUT2D eigenvalue weighted by atomic mass is 15.0. The molecule has 0 aliphatic rings. The minimum Gasteiger partial charge on any atom is -0.405 e. The van der Waals surface area contributed by atoms with Crippen LogP contribution in [-0.4, -0.2) is 4.57 Å². The van der Waals surface area contributed by atoms with Crippen LogP contribution in [0.1, 0.15) is 30.5 Å². The monoisotopic (exact) mass is 815 g/mol. The molecule has 0 fully saturated rings. The number of allylic oxidation sites excluding steroid dienone is 20. The number of nitrogens with two attached hydrogens (primary N) is 1. The fourth-order valence-electron chi connectivity index (χ4n) is 7.56. The Kier molecular flexibility index (Phi) is 14.9. The van der Waals surface area contributed by atoms with E-state index in [0.29, 0.717) is 0 Å². The molecule has 3 heteroatoms. The van der Waals surface area contributed by atoms with Gasteiger partial charge in [0.1, 0.15) is 0 Å². The molecule has 0 amide bonds. The highest BCUT2D eigenvalue weighted by Crippen LogP contribution is 2.36. The fraction of sp³-hybridized carbons (Fsp3) is 0.0333. The number of nitrogens with zero attached hydrogens (tertiary/aromatic N) is 1. The molecule has 0 radical (unpaired) electrons. The van der Waals surface area contributed by atoms with E-state index in [0.717, 1.165) is 61.5 Å². The van der Waals surface area contributed by atoms with Crippen LogP contribution in [0.25, 0.3) is 55.3 Å². The second-order valence-electron chi connectivity index (χ2n) is 14.9. The number of anilines is 2. The van der Waals surface area contributed by atoms with E-state index in [2.05, 4.69) is 199 Å². The second kappa shape index (κ2) is 21.9. The molecular formula is C60H53N3. The number of rotatable bonds is 16. The summed E-state index contributed by atoms with van der Waals surface area (Å²) in [5.41, 5.74) is 20.0. The first-order valence-electron chi connectivity index (χ1n) is 21.3. The van der Waals surface area contributed by atoms with Crippen molar-refractivity contribution in [3.8, 4) is 16.8 Å². The second-order valence-corrected chi connectivity index (χ2v) is 14.9. The van der Waals surface area contributed by atoms with Gasteiger partial charge in [0.15, 0.2) is 0 Å². The van der Waals surface area contributed by atoms with Crippen molar-refractivity contribution in [3.63, 3.8) is 0 Å². The van der Waals surface area contributed by atoms with Crippen molar-refractivity contribution >= 4 is 49.9 Å². The Bertz CT molecular complexity index is 2970. The zero-order valence-electron chi connectivity index (χ0n) is 36.0. The molecule has 7 aromatic rings. The molecule has 0 atom stereocenters. The number of hydrogen-bond donors (Lipinski definition) is 2. The first kappa shape index (κ1) is 43.0. The number of hydrogen-bond acceptors (Lipinski definition) is 2. The Morgan fingerprint density at radius 1 is 0.556 bits per heavy atom. The highest BCUT2D eigenvalue weighted by Gasteiger charge is 2.14. The lowest BCUT2D eigenvalue weighted by Gasteiger charge is -2.14. The molecule has 308 valence electrons. The standard InChI is InChI=1S/C60H53N3/c1-4-6-7-8-11-15-25-48(26-16-12-9-10-13-23-43-61)50-35-40-54(41-36-50)63-59-32-22-20-30-56(59)57-45-52(37-42-60(57)63)51(24-5-2)44-46(3)55-29-19-21-31-58(55)62-53-38-33-49(34-39-53)47-27-17-14-18-28-47/h4-45,62H,2,61H2,1,3H3/b6-4+,8-7-,12-9+,13-10-,15-11-,26-16+,43-23-,46-44+,48-25+,51-24+. The lowest BCUT2D eigenvalue weighted by Crippen LogP contribution is -1.95. The lowest BCUT2D eigenvalue weighted by atomic mass is 9.97. The van der Waals surface area contributed by atoms with Gasteiger partial charge in [0.25, 0.3) is 0 Å². The predicted molar refractivity (Wildman–Crippen MR) is 276 cm³/mol. The maximum absolute atomic E-state index is 5.44. The molecule has 63 heavy (non-hydrogen) atoms. The lowest BCUT2D eigenvalue weighted by molar-refractivity contribution is 1.18. The van der Waals surface area contributed by atoms with Crippen LogP contribution in [0.5, 0.6) is 0 Å². The van der Waals surface area contributed by atoms with Gasteiger partial charge in [0.05, 0.1) is 11.0 Å². The maximum atomic E-state index is 5.44. The maximum Gasteiger partial charge on any atom is 0.0541 e. The number of benzene rings is 6. The third-order valence-corrected chi connectivity index (χ3v) is 10.6. The van der Waals surface area contributed by atoms with Gasteiger partial charge < -0.3 is 15.6 Å². The zero-order valence-corrected chi connectivity index (χ0v) is 36.0. The van der Waals surface area contributed by atoms with Crippen molar-refractivity contribution in [1.82, 2.24) is 4.57 Å². The van der Waals surface area contributed by atoms with E-state index in [9.17, 15) is 0 Å². The summed E-state index contributed by atoms with van der Waals surface area (Å²) in [6, 6.07) is 51.8. The van der Waals surface area contributed by atoms with Crippen molar-refractivity contribution in [2.45, 2.75) is 13.8 Å². The van der Waals surface area contributed by atoms with Gasteiger partial charge in [-0.15, -0.1) is 0 Å². The van der Waals surface area contributed by atoms with E-state index >= 15 is 0 Å². The van der Waals surface area contributed by atoms with E-state index in [4.69, 9.17) is 5.73 Å². The Morgan fingerprint density at radius 2 is 1.19 bits per heavy atom. The Labute approximate surface area is 373 Å². The number of aromatic nitrogens is 1. The molecule has 0 bridgehead atoms. The number of para-hydroxylation sites is 2. The van der Waals surface area contributed by atoms with Crippen molar-refractivity contribution < 1.29 is 0 Å². The van der Waals surface area contributed by atoms with Gasteiger partial charge in [-0.2, -0.15) is 0 Å². The average Bonchev–Trinajstić information content (AvgIpc) is 3.66. The third-order valence-electron chi connectivity index (χ3n) is 10.6. The van der Waals surface area contributed by atoms with Crippen LogP contribution in [0.3, 0.4) is 0 Å². The summed E-state index contributed by atoms with van der Waals surface area (Å²) in [6.07, 6.45) is 35.9. The summed E-state index contributed by atoms with van der Waals surface area (Å²) in [6.45, 7) is 8.29. The van der Waals surface area contributed by atoms with E-state index in [1.165, 1.54) is 28.1 Å². The van der Waals surface area contributed by atoms with Crippen molar-refractivity contribution in [2.75, 3.05) is 5.32 Å². The molecule has 3 nitrogen and oxygen atoms in total. The van der Waals surface area contributed by atoms with Crippen LogP contribution in [0.15, 0.2) is 262 Å². The van der Waals surface area contributed by atoms with Gasteiger partial charge in [-0.3, -0.25) is 0 Å². The fourth-order valence-corrected chi connectivity index (χ4v) is 7.56. The van der Waals surface area contributed by atoms with E-state index in [1.54, 1.807) is 6.08 Å². The molecule has 1 heterocycles. The summed E-state index contributed by atoms with van der Waals surface area (Å²) >= 11 is 0. The molecule has 0 saturated carbocycles. The summed E-state index contributed by atoms with van der Waals surface area (Å²) < 4.78 is 2.36. The summed E-state index contributed by atoms with van der Waals surface area (Å²) in [5.74, 6) is 0. The quantitative estimate of drug-likeness (QED) is 0.0954. The van der Waals surface area contributed by atoms with Gasteiger partial charge >= 0.3 is 0 Å². The predicted octanol–water partition coefficient (Wildman–Crippen LogP) is 16.1.